The van der Waals surface area contributed by atoms with Crippen LogP contribution in [0.3, 0.4) is 0 Å². The molecule has 5 nitrogen and oxygen atoms in total. The maximum Gasteiger partial charge on any atom is 0.305 e. The predicted octanol–water partition coefficient (Wildman–Crippen LogP) is 1.54. The van der Waals surface area contributed by atoms with Crippen molar-refractivity contribution in [1.29, 1.82) is 0 Å². The van der Waals surface area contributed by atoms with Crippen molar-refractivity contribution < 1.29 is 14.5 Å². The first-order valence-electron chi connectivity index (χ1n) is 3.26. The maximum absolute atomic E-state index is 12.7. The molecular formula is C7H5FN2O3. The summed E-state index contributed by atoms with van der Waals surface area (Å²) in [5.74, 6) is -0.917. The molecule has 1 aromatic carbocycles. The molecule has 0 saturated heterocycles. The second-order valence-electron chi connectivity index (χ2n) is 2.21. The van der Waals surface area contributed by atoms with Gasteiger partial charge in [0.1, 0.15) is 0 Å². The van der Waals surface area contributed by atoms with E-state index in [2.05, 4.69) is 5.16 Å². The van der Waals surface area contributed by atoms with Crippen molar-refractivity contribution in [3.63, 3.8) is 0 Å². The minimum Gasteiger partial charge on any atom is -0.411 e. The van der Waals surface area contributed by atoms with Crippen LogP contribution in [0.1, 0.15) is 5.56 Å². The topological polar surface area (TPSA) is 75.7 Å². The summed E-state index contributed by atoms with van der Waals surface area (Å²) in [6, 6.07) is 3.19. The zero-order chi connectivity index (χ0) is 9.84. The third kappa shape index (κ3) is 1.98. The molecule has 0 fully saturated rings. The number of hydrogen-bond acceptors (Lipinski definition) is 4. The summed E-state index contributed by atoms with van der Waals surface area (Å²) in [7, 11) is 0. The van der Waals surface area contributed by atoms with Gasteiger partial charge in [-0.05, 0) is 12.1 Å². The number of oxime groups is 1. The third-order valence-corrected chi connectivity index (χ3v) is 1.37. The van der Waals surface area contributed by atoms with Gasteiger partial charge in [-0.1, -0.05) is 5.16 Å². The molecule has 0 heterocycles. The largest absolute Gasteiger partial charge is 0.411 e. The Morgan fingerprint density at radius 1 is 1.62 bits per heavy atom. The van der Waals surface area contributed by atoms with E-state index < -0.39 is 16.4 Å². The summed E-state index contributed by atoms with van der Waals surface area (Å²) < 4.78 is 12.7. The first-order valence-corrected chi connectivity index (χ1v) is 3.26. The van der Waals surface area contributed by atoms with Crippen molar-refractivity contribution in [2.24, 2.45) is 5.16 Å². The van der Waals surface area contributed by atoms with Crippen molar-refractivity contribution >= 4 is 11.9 Å². The van der Waals surface area contributed by atoms with E-state index in [1.807, 2.05) is 0 Å². The molecule has 1 rings (SSSR count). The summed E-state index contributed by atoms with van der Waals surface area (Å²) in [5.41, 5.74) is -0.381. The summed E-state index contributed by atoms with van der Waals surface area (Å²) in [6.45, 7) is 0. The van der Waals surface area contributed by atoms with Crippen LogP contribution in [0.15, 0.2) is 23.4 Å². The second kappa shape index (κ2) is 3.61. The van der Waals surface area contributed by atoms with E-state index in [0.717, 1.165) is 18.3 Å². The Labute approximate surface area is 72.3 Å². The molecule has 0 spiro atoms. The molecule has 0 amide bonds. The van der Waals surface area contributed by atoms with Gasteiger partial charge in [-0.25, -0.2) is 0 Å². The molecule has 0 radical (unpaired) electrons. The quantitative estimate of drug-likeness (QED) is 0.328. The molecule has 0 aliphatic heterocycles. The van der Waals surface area contributed by atoms with Crippen LogP contribution in [0.25, 0.3) is 0 Å². The smallest absolute Gasteiger partial charge is 0.305 e. The van der Waals surface area contributed by atoms with Gasteiger partial charge in [0, 0.05) is 11.6 Å². The lowest BCUT2D eigenvalue weighted by Crippen LogP contribution is -1.93. The lowest BCUT2D eigenvalue weighted by atomic mass is 10.2. The van der Waals surface area contributed by atoms with Gasteiger partial charge in [0.25, 0.3) is 0 Å². The number of rotatable bonds is 2. The van der Waals surface area contributed by atoms with E-state index >= 15 is 0 Å². The highest BCUT2D eigenvalue weighted by Crippen LogP contribution is 2.17. The minimum atomic E-state index is -0.917. The zero-order valence-corrected chi connectivity index (χ0v) is 6.35. The molecule has 1 aromatic rings. The van der Waals surface area contributed by atoms with E-state index in [1.54, 1.807) is 0 Å². The normalized spacial score (nSPS) is 10.5. The molecule has 0 aliphatic rings. The fourth-order valence-corrected chi connectivity index (χ4v) is 0.817. The first kappa shape index (κ1) is 9.11. The minimum absolute atomic E-state index is 0.260. The van der Waals surface area contributed by atoms with E-state index in [-0.39, 0.29) is 5.56 Å². The lowest BCUT2D eigenvalue weighted by molar-refractivity contribution is -0.387. The third-order valence-electron chi connectivity index (χ3n) is 1.37. The van der Waals surface area contributed by atoms with Gasteiger partial charge in [0.15, 0.2) is 0 Å². The standard InChI is InChI=1S/C7H5FN2O3/c8-6-2-1-5(4-9-11)3-7(6)10(12)13/h1-4,11H/b9-4-. The van der Waals surface area contributed by atoms with Crippen molar-refractivity contribution in [3.8, 4) is 0 Å². The first-order chi connectivity index (χ1) is 6.15. The summed E-state index contributed by atoms with van der Waals surface area (Å²) in [4.78, 5) is 9.39. The highest BCUT2D eigenvalue weighted by Gasteiger charge is 2.13. The maximum atomic E-state index is 12.7. The van der Waals surface area contributed by atoms with Gasteiger partial charge in [0.05, 0.1) is 11.1 Å². The molecule has 0 saturated carbocycles. The van der Waals surface area contributed by atoms with Crippen LogP contribution in [-0.4, -0.2) is 16.3 Å². The molecule has 0 atom stereocenters. The summed E-state index contributed by atoms with van der Waals surface area (Å²) in [5, 5.41) is 21.0. The van der Waals surface area contributed by atoms with Gasteiger partial charge in [0.2, 0.25) is 5.82 Å². The van der Waals surface area contributed by atoms with Crippen LogP contribution in [0, 0.1) is 15.9 Å². The van der Waals surface area contributed by atoms with Crippen LogP contribution in [0.2, 0.25) is 0 Å². The Morgan fingerprint density at radius 2 is 2.31 bits per heavy atom. The van der Waals surface area contributed by atoms with E-state index in [1.165, 1.54) is 6.07 Å². The molecule has 0 bridgehead atoms. The van der Waals surface area contributed by atoms with Crippen molar-refractivity contribution in [3.05, 3.63) is 39.7 Å². The van der Waals surface area contributed by atoms with E-state index in [0.29, 0.717) is 0 Å². The molecule has 6 heteroatoms. The number of halogens is 1. The molecule has 0 aliphatic carbocycles. The number of nitro benzene ring substituents is 1. The zero-order valence-electron chi connectivity index (χ0n) is 6.35. The Balaban J connectivity index is 3.18. The highest BCUT2D eigenvalue weighted by molar-refractivity contribution is 5.80. The number of nitro groups is 1. The Morgan fingerprint density at radius 3 is 2.85 bits per heavy atom. The Bertz CT molecular complexity index is 365. The fraction of sp³-hybridized carbons (Fsp3) is 0. The van der Waals surface area contributed by atoms with Crippen molar-refractivity contribution in [1.82, 2.24) is 0 Å². The van der Waals surface area contributed by atoms with Crippen molar-refractivity contribution in [2.45, 2.75) is 0 Å². The van der Waals surface area contributed by atoms with Gasteiger partial charge in [-0.3, -0.25) is 10.1 Å². The number of nitrogens with zero attached hydrogens (tertiary/aromatic N) is 2. The average molecular weight is 184 g/mol. The van der Waals surface area contributed by atoms with Gasteiger partial charge in [-0.15, -0.1) is 0 Å². The van der Waals surface area contributed by atoms with Crippen LogP contribution >= 0.6 is 0 Å². The van der Waals surface area contributed by atoms with Crippen LogP contribution in [-0.2, 0) is 0 Å². The van der Waals surface area contributed by atoms with Gasteiger partial charge < -0.3 is 5.21 Å². The van der Waals surface area contributed by atoms with Crippen LogP contribution in [0.5, 0.6) is 0 Å². The second-order valence-corrected chi connectivity index (χ2v) is 2.21. The number of hydrogen-bond donors (Lipinski definition) is 1. The molecular weight excluding hydrogens is 179 g/mol. The Hall–Kier alpha value is -1.98. The molecule has 13 heavy (non-hydrogen) atoms. The van der Waals surface area contributed by atoms with Crippen LogP contribution in [0.4, 0.5) is 10.1 Å². The molecule has 68 valence electrons. The van der Waals surface area contributed by atoms with E-state index in [9.17, 15) is 14.5 Å². The Kier molecular flexibility index (Phi) is 2.53. The summed E-state index contributed by atoms with van der Waals surface area (Å²) in [6.07, 6.45) is 0.979. The summed E-state index contributed by atoms with van der Waals surface area (Å²) >= 11 is 0. The average Bonchev–Trinajstić information content (AvgIpc) is 2.08. The molecule has 0 unspecified atom stereocenters. The molecule has 1 N–H and O–H groups in total. The number of benzene rings is 1. The lowest BCUT2D eigenvalue weighted by Gasteiger charge is -1.94. The van der Waals surface area contributed by atoms with Crippen LogP contribution < -0.4 is 0 Å². The van der Waals surface area contributed by atoms with Gasteiger partial charge in [-0.2, -0.15) is 4.39 Å². The predicted molar refractivity (Wildman–Crippen MR) is 42.4 cm³/mol. The fourth-order valence-electron chi connectivity index (χ4n) is 0.817. The SMILES string of the molecule is O=[N+]([O-])c1cc(/C=N\O)ccc1F. The van der Waals surface area contributed by atoms with Crippen molar-refractivity contribution in [2.75, 3.05) is 0 Å². The highest BCUT2D eigenvalue weighted by atomic mass is 19.1. The molecule has 0 aromatic heterocycles. The van der Waals surface area contributed by atoms with E-state index in [4.69, 9.17) is 5.21 Å². The monoisotopic (exact) mass is 184 g/mol. The van der Waals surface area contributed by atoms with Gasteiger partial charge >= 0.3 is 5.69 Å².